The Hall–Kier alpha value is -2.63. The van der Waals surface area contributed by atoms with Gasteiger partial charge in [-0.05, 0) is 25.0 Å². The topological polar surface area (TPSA) is 99.3 Å². The van der Waals surface area contributed by atoms with Gasteiger partial charge in [0.2, 0.25) is 5.91 Å². The molecule has 0 fully saturated rings. The maximum absolute atomic E-state index is 12.1. The zero-order valence-electron chi connectivity index (χ0n) is 12.3. The van der Waals surface area contributed by atoms with E-state index in [1.807, 2.05) is 24.3 Å². The van der Waals surface area contributed by atoms with Gasteiger partial charge in [0.1, 0.15) is 0 Å². The molecule has 1 atom stereocenters. The van der Waals surface area contributed by atoms with E-state index in [-0.39, 0.29) is 31.0 Å². The normalized spacial score (nSPS) is 12.0. The molecule has 1 unspecified atom stereocenters. The Labute approximate surface area is 127 Å². The Morgan fingerprint density at radius 2 is 2.00 bits per heavy atom. The van der Waals surface area contributed by atoms with Crippen molar-refractivity contribution in [3.05, 3.63) is 36.0 Å². The van der Waals surface area contributed by atoms with Crippen molar-refractivity contribution in [1.82, 2.24) is 10.3 Å². The molecule has 0 spiro atoms. The van der Waals surface area contributed by atoms with Gasteiger partial charge in [0.05, 0.1) is 12.5 Å². The summed E-state index contributed by atoms with van der Waals surface area (Å²) in [4.78, 5) is 37.3. The number of rotatable bonds is 7. The van der Waals surface area contributed by atoms with E-state index in [1.165, 1.54) is 6.92 Å². The highest BCUT2D eigenvalue weighted by Gasteiger charge is 2.19. The fraction of sp³-hybridized carbons (Fsp3) is 0.312. The molecule has 2 rings (SSSR count). The standard InChI is InChI=1S/C16H18N2O4/c1-10(19)13(6-7-16(21)22)18-15(20)8-11-9-17-14-5-3-2-4-12(11)14/h2-5,9,13,17H,6-8H2,1H3,(H,18,20)(H,21,22). The molecule has 1 aromatic heterocycles. The number of para-hydroxylation sites is 1. The first-order chi connectivity index (χ1) is 10.5. The van der Waals surface area contributed by atoms with Crippen molar-refractivity contribution in [1.29, 1.82) is 0 Å². The summed E-state index contributed by atoms with van der Waals surface area (Å²) in [6.07, 6.45) is 1.85. The van der Waals surface area contributed by atoms with Crippen molar-refractivity contribution in [2.75, 3.05) is 0 Å². The number of aromatic nitrogens is 1. The third-order valence-corrected chi connectivity index (χ3v) is 3.50. The van der Waals surface area contributed by atoms with Crippen LogP contribution in [0, 0.1) is 0 Å². The minimum Gasteiger partial charge on any atom is -0.481 e. The fourth-order valence-electron chi connectivity index (χ4n) is 2.34. The van der Waals surface area contributed by atoms with E-state index in [0.29, 0.717) is 0 Å². The van der Waals surface area contributed by atoms with E-state index in [1.54, 1.807) is 6.20 Å². The number of fused-ring (bicyclic) bond motifs is 1. The molecule has 6 heteroatoms. The van der Waals surface area contributed by atoms with Crippen molar-refractivity contribution in [3.8, 4) is 0 Å². The van der Waals surface area contributed by atoms with Gasteiger partial charge in [0.25, 0.3) is 0 Å². The molecule has 0 saturated heterocycles. The minimum atomic E-state index is -0.989. The number of nitrogens with one attached hydrogen (secondary N) is 2. The maximum Gasteiger partial charge on any atom is 0.303 e. The number of carboxylic acids is 1. The van der Waals surface area contributed by atoms with Gasteiger partial charge in [0, 0.05) is 23.5 Å². The van der Waals surface area contributed by atoms with Crippen LogP contribution in [0.1, 0.15) is 25.3 Å². The molecule has 1 aromatic carbocycles. The SMILES string of the molecule is CC(=O)C(CCC(=O)O)NC(=O)Cc1c[nH]c2ccccc12. The molecule has 0 aliphatic carbocycles. The number of benzene rings is 1. The zero-order chi connectivity index (χ0) is 16.1. The molecule has 1 amide bonds. The second kappa shape index (κ2) is 6.89. The molecule has 6 nitrogen and oxygen atoms in total. The number of hydrogen-bond donors (Lipinski definition) is 3. The van der Waals surface area contributed by atoms with Crippen LogP contribution in [0.5, 0.6) is 0 Å². The smallest absolute Gasteiger partial charge is 0.303 e. The number of carboxylic acid groups (broad SMARTS) is 1. The van der Waals surface area contributed by atoms with Crippen LogP contribution in [0.2, 0.25) is 0 Å². The van der Waals surface area contributed by atoms with Crippen LogP contribution in [0.15, 0.2) is 30.5 Å². The Balaban J connectivity index is 2.01. The second-order valence-electron chi connectivity index (χ2n) is 5.20. The third kappa shape index (κ3) is 3.94. The molecule has 0 bridgehead atoms. The number of Topliss-reactive ketones (excluding diaryl/α,β-unsaturated/α-hetero) is 1. The predicted octanol–water partition coefficient (Wildman–Crippen LogP) is 1.65. The van der Waals surface area contributed by atoms with E-state index < -0.39 is 12.0 Å². The molecule has 1 heterocycles. The molecule has 0 radical (unpaired) electrons. The van der Waals surface area contributed by atoms with Gasteiger partial charge < -0.3 is 15.4 Å². The van der Waals surface area contributed by atoms with Crippen LogP contribution in [0.25, 0.3) is 10.9 Å². The maximum atomic E-state index is 12.1. The lowest BCUT2D eigenvalue weighted by molar-refractivity contribution is -0.137. The van der Waals surface area contributed by atoms with E-state index in [2.05, 4.69) is 10.3 Å². The highest BCUT2D eigenvalue weighted by molar-refractivity contribution is 5.91. The summed E-state index contributed by atoms with van der Waals surface area (Å²) < 4.78 is 0. The first kappa shape index (κ1) is 15.8. The van der Waals surface area contributed by atoms with Crippen LogP contribution >= 0.6 is 0 Å². The fourth-order valence-corrected chi connectivity index (χ4v) is 2.34. The highest BCUT2D eigenvalue weighted by Crippen LogP contribution is 2.18. The number of carbonyl (C=O) groups is 3. The molecule has 22 heavy (non-hydrogen) atoms. The Morgan fingerprint density at radius 3 is 2.68 bits per heavy atom. The summed E-state index contributed by atoms with van der Waals surface area (Å²) in [6.45, 7) is 1.35. The number of aliphatic carboxylic acids is 1. The van der Waals surface area contributed by atoms with Gasteiger partial charge in [0.15, 0.2) is 5.78 Å². The van der Waals surface area contributed by atoms with Crippen LogP contribution in [-0.2, 0) is 20.8 Å². The van der Waals surface area contributed by atoms with Crippen molar-refractivity contribution >= 4 is 28.6 Å². The minimum absolute atomic E-state index is 0.101. The van der Waals surface area contributed by atoms with Gasteiger partial charge in [-0.2, -0.15) is 0 Å². The summed E-state index contributed by atoms with van der Waals surface area (Å²) in [7, 11) is 0. The van der Waals surface area contributed by atoms with Gasteiger partial charge in [-0.3, -0.25) is 14.4 Å². The van der Waals surface area contributed by atoms with E-state index >= 15 is 0 Å². The van der Waals surface area contributed by atoms with Crippen LogP contribution in [-0.4, -0.2) is 33.8 Å². The lowest BCUT2D eigenvalue weighted by Crippen LogP contribution is -2.40. The first-order valence-electron chi connectivity index (χ1n) is 7.04. The molecular formula is C16H18N2O4. The van der Waals surface area contributed by atoms with Crippen molar-refractivity contribution < 1.29 is 19.5 Å². The van der Waals surface area contributed by atoms with Gasteiger partial charge in [-0.25, -0.2) is 0 Å². The van der Waals surface area contributed by atoms with Crippen molar-refractivity contribution in [2.45, 2.75) is 32.2 Å². The molecule has 3 N–H and O–H groups in total. The Kier molecular flexibility index (Phi) is 4.93. The molecule has 116 valence electrons. The summed E-state index contributed by atoms with van der Waals surface area (Å²) in [5, 5.41) is 12.2. The second-order valence-corrected chi connectivity index (χ2v) is 5.20. The quantitative estimate of drug-likeness (QED) is 0.724. The Bertz CT molecular complexity index is 705. The number of aromatic amines is 1. The highest BCUT2D eigenvalue weighted by atomic mass is 16.4. The lowest BCUT2D eigenvalue weighted by Gasteiger charge is -2.14. The monoisotopic (exact) mass is 302 g/mol. The Morgan fingerprint density at radius 1 is 1.27 bits per heavy atom. The predicted molar refractivity (Wildman–Crippen MR) is 81.5 cm³/mol. The average Bonchev–Trinajstić information content (AvgIpc) is 2.86. The van der Waals surface area contributed by atoms with Crippen LogP contribution in [0.3, 0.4) is 0 Å². The molecule has 0 saturated carbocycles. The first-order valence-corrected chi connectivity index (χ1v) is 7.04. The molecule has 0 aliphatic rings. The summed E-state index contributed by atoms with van der Waals surface area (Å²) >= 11 is 0. The summed E-state index contributed by atoms with van der Waals surface area (Å²) in [5.41, 5.74) is 1.79. The third-order valence-electron chi connectivity index (χ3n) is 3.50. The molecule has 0 aliphatic heterocycles. The number of amides is 1. The van der Waals surface area contributed by atoms with E-state index in [4.69, 9.17) is 5.11 Å². The number of H-pyrrole nitrogens is 1. The average molecular weight is 302 g/mol. The van der Waals surface area contributed by atoms with Gasteiger partial charge in [-0.1, -0.05) is 18.2 Å². The molecular weight excluding hydrogens is 284 g/mol. The molecule has 2 aromatic rings. The van der Waals surface area contributed by atoms with E-state index in [0.717, 1.165) is 16.5 Å². The van der Waals surface area contributed by atoms with Crippen molar-refractivity contribution in [3.63, 3.8) is 0 Å². The zero-order valence-corrected chi connectivity index (χ0v) is 12.3. The summed E-state index contributed by atoms with van der Waals surface area (Å²) in [6, 6.07) is 6.88. The van der Waals surface area contributed by atoms with Gasteiger partial charge >= 0.3 is 5.97 Å². The van der Waals surface area contributed by atoms with E-state index in [9.17, 15) is 14.4 Å². The number of hydrogen-bond acceptors (Lipinski definition) is 3. The van der Waals surface area contributed by atoms with Gasteiger partial charge in [-0.15, -0.1) is 0 Å². The number of ketones is 1. The lowest BCUT2D eigenvalue weighted by atomic mass is 10.1. The van der Waals surface area contributed by atoms with Crippen molar-refractivity contribution in [2.24, 2.45) is 0 Å². The van der Waals surface area contributed by atoms with Crippen LogP contribution in [0.4, 0.5) is 0 Å². The largest absolute Gasteiger partial charge is 0.481 e. The van der Waals surface area contributed by atoms with Crippen LogP contribution < -0.4 is 5.32 Å². The number of carbonyl (C=O) groups excluding carboxylic acids is 2. The summed E-state index contributed by atoms with van der Waals surface area (Å²) in [5.74, 6) is -1.53.